The third-order valence-electron chi connectivity index (χ3n) is 4.03. The fourth-order valence-electron chi connectivity index (χ4n) is 2.78. The molecule has 3 nitrogen and oxygen atoms in total. The van der Waals surface area contributed by atoms with E-state index in [1.165, 1.54) is 69.8 Å². The van der Waals surface area contributed by atoms with Crippen LogP contribution in [0.5, 0.6) is 0 Å². The summed E-state index contributed by atoms with van der Waals surface area (Å²) in [6.45, 7) is 5.43. The Balaban J connectivity index is 2.09. The van der Waals surface area contributed by atoms with Gasteiger partial charge in [0.25, 0.3) is 0 Å². The Kier molecular flexibility index (Phi) is 11.0. The molecule has 0 aromatic carbocycles. The molecular weight excluding hydrogens is 258 g/mol. The van der Waals surface area contributed by atoms with E-state index in [9.17, 15) is 0 Å². The van der Waals surface area contributed by atoms with Gasteiger partial charge in [0.1, 0.15) is 6.33 Å². The molecule has 0 fully saturated rings. The Morgan fingerprint density at radius 2 is 1.43 bits per heavy atom. The van der Waals surface area contributed by atoms with Crippen LogP contribution in [0.15, 0.2) is 18.7 Å². The number of nitrogens with zero attached hydrogens (tertiary/aromatic N) is 2. The standard InChI is InChI=1S/C18H33N3/c1-3-5-6-7-8-9-10-11-12-13-18(21-4-2)17-14-19-16-20-15-17/h14-16,18,21H,3-13H2,1-2H3. The van der Waals surface area contributed by atoms with E-state index >= 15 is 0 Å². The van der Waals surface area contributed by atoms with Gasteiger partial charge < -0.3 is 5.32 Å². The zero-order valence-electron chi connectivity index (χ0n) is 14.0. The first-order valence-corrected chi connectivity index (χ1v) is 8.86. The van der Waals surface area contributed by atoms with Crippen molar-refractivity contribution in [2.45, 2.75) is 84.1 Å². The molecule has 21 heavy (non-hydrogen) atoms. The second-order valence-corrected chi connectivity index (χ2v) is 5.90. The van der Waals surface area contributed by atoms with Gasteiger partial charge >= 0.3 is 0 Å². The van der Waals surface area contributed by atoms with Crippen LogP contribution >= 0.6 is 0 Å². The molecule has 1 unspecified atom stereocenters. The Morgan fingerprint density at radius 3 is 2.00 bits per heavy atom. The lowest BCUT2D eigenvalue weighted by molar-refractivity contribution is 0.472. The monoisotopic (exact) mass is 291 g/mol. The second-order valence-electron chi connectivity index (χ2n) is 5.90. The quantitative estimate of drug-likeness (QED) is 0.517. The lowest BCUT2D eigenvalue weighted by Crippen LogP contribution is -2.21. The van der Waals surface area contributed by atoms with Gasteiger partial charge in [0.2, 0.25) is 0 Å². The van der Waals surface area contributed by atoms with E-state index in [0.29, 0.717) is 6.04 Å². The van der Waals surface area contributed by atoms with E-state index in [4.69, 9.17) is 0 Å². The summed E-state index contributed by atoms with van der Waals surface area (Å²) in [5, 5.41) is 3.54. The van der Waals surface area contributed by atoms with E-state index < -0.39 is 0 Å². The summed E-state index contributed by atoms with van der Waals surface area (Å²) in [5.41, 5.74) is 1.22. The lowest BCUT2D eigenvalue weighted by atomic mass is 10.0. The summed E-state index contributed by atoms with van der Waals surface area (Å²) in [5.74, 6) is 0. The van der Waals surface area contributed by atoms with Gasteiger partial charge in [0.05, 0.1) is 0 Å². The van der Waals surface area contributed by atoms with Gasteiger partial charge in [-0.25, -0.2) is 9.97 Å². The van der Waals surface area contributed by atoms with Gasteiger partial charge in [-0.1, -0.05) is 71.6 Å². The van der Waals surface area contributed by atoms with Crippen molar-refractivity contribution in [3.63, 3.8) is 0 Å². The maximum absolute atomic E-state index is 4.13. The van der Waals surface area contributed by atoms with Gasteiger partial charge in [-0.3, -0.25) is 0 Å². The van der Waals surface area contributed by atoms with E-state index in [0.717, 1.165) is 6.54 Å². The van der Waals surface area contributed by atoms with E-state index in [1.54, 1.807) is 6.33 Å². The minimum Gasteiger partial charge on any atom is -0.310 e. The van der Waals surface area contributed by atoms with Gasteiger partial charge in [0, 0.05) is 24.0 Å². The van der Waals surface area contributed by atoms with Crippen LogP contribution in [0.25, 0.3) is 0 Å². The first-order chi connectivity index (χ1) is 10.4. The molecule has 0 aliphatic heterocycles. The minimum atomic E-state index is 0.417. The van der Waals surface area contributed by atoms with E-state index in [2.05, 4.69) is 29.1 Å². The number of aromatic nitrogens is 2. The molecule has 0 saturated heterocycles. The number of hydrogen-bond acceptors (Lipinski definition) is 3. The summed E-state index contributed by atoms with van der Waals surface area (Å²) >= 11 is 0. The molecule has 0 aliphatic rings. The molecule has 0 amide bonds. The molecule has 1 aromatic rings. The fourth-order valence-corrected chi connectivity index (χ4v) is 2.78. The zero-order chi connectivity index (χ0) is 15.2. The summed E-state index contributed by atoms with van der Waals surface area (Å²) in [4.78, 5) is 8.26. The number of hydrogen-bond donors (Lipinski definition) is 1. The van der Waals surface area contributed by atoms with Gasteiger partial charge in [-0.2, -0.15) is 0 Å². The maximum atomic E-state index is 4.13. The Hall–Kier alpha value is -0.960. The molecule has 1 aromatic heterocycles. The van der Waals surface area contributed by atoms with E-state index in [-0.39, 0.29) is 0 Å². The maximum Gasteiger partial charge on any atom is 0.115 e. The molecule has 0 radical (unpaired) electrons. The molecule has 1 rings (SSSR count). The van der Waals surface area contributed by atoms with Crippen molar-refractivity contribution in [3.05, 3.63) is 24.3 Å². The second kappa shape index (κ2) is 12.8. The largest absolute Gasteiger partial charge is 0.310 e. The Labute approximate surface area is 131 Å². The average Bonchev–Trinajstić information content (AvgIpc) is 2.53. The fraction of sp³-hybridized carbons (Fsp3) is 0.778. The molecule has 0 spiro atoms. The third kappa shape index (κ3) is 8.82. The number of nitrogens with one attached hydrogen (secondary N) is 1. The van der Waals surface area contributed by atoms with Crippen LogP contribution in [0.3, 0.4) is 0 Å². The summed E-state index contributed by atoms with van der Waals surface area (Å²) in [6.07, 6.45) is 19.1. The van der Waals surface area contributed by atoms with Crippen LogP contribution in [-0.4, -0.2) is 16.5 Å². The predicted octanol–water partition coefficient (Wildman–Crippen LogP) is 5.05. The molecule has 1 heterocycles. The van der Waals surface area contributed by atoms with Gasteiger partial charge in [0.15, 0.2) is 0 Å². The molecule has 1 N–H and O–H groups in total. The van der Waals surface area contributed by atoms with Crippen molar-refractivity contribution < 1.29 is 0 Å². The van der Waals surface area contributed by atoms with E-state index in [1.807, 2.05) is 12.4 Å². The third-order valence-corrected chi connectivity index (χ3v) is 4.03. The lowest BCUT2D eigenvalue weighted by Gasteiger charge is -2.17. The predicted molar refractivity (Wildman–Crippen MR) is 90.3 cm³/mol. The highest BCUT2D eigenvalue weighted by molar-refractivity contribution is 5.08. The average molecular weight is 291 g/mol. The van der Waals surface area contributed by atoms with Crippen LogP contribution in [0.2, 0.25) is 0 Å². The first kappa shape index (κ1) is 18.1. The van der Waals surface area contributed by atoms with Crippen molar-refractivity contribution in [1.29, 1.82) is 0 Å². The molecule has 3 heteroatoms. The van der Waals surface area contributed by atoms with Crippen LogP contribution in [0, 0.1) is 0 Å². The first-order valence-electron chi connectivity index (χ1n) is 8.86. The van der Waals surface area contributed by atoms with Crippen LogP contribution in [0.1, 0.15) is 89.7 Å². The van der Waals surface area contributed by atoms with Gasteiger partial charge in [-0.15, -0.1) is 0 Å². The minimum absolute atomic E-state index is 0.417. The highest BCUT2D eigenvalue weighted by Crippen LogP contribution is 2.19. The zero-order valence-corrected chi connectivity index (χ0v) is 14.0. The summed E-state index contributed by atoms with van der Waals surface area (Å²) in [6, 6.07) is 0.417. The van der Waals surface area contributed by atoms with Crippen LogP contribution < -0.4 is 5.32 Å². The normalized spacial score (nSPS) is 12.5. The van der Waals surface area contributed by atoms with Crippen LogP contribution in [0.4, 0.5) is 0 Å². The molecule has 0 aliphatic carbocycles. The summed E-state index contributed by atoms with van der Waals surface area (Å²) < 4.78 is 0. The number of unbranched alkanes of at least 4 members (excludes halogenated alkanes) is 8. The Morgan fingerprint density at radius 1 is 0.857 bits per heavy atom. The highest BCUT2D eigenvalue weighted by Gasteiger charge is 2.09. The summed E-state index contributed by atoms with van der Waals surface area (Å²) in [7, 11) is 0. The molecule has 120 valence electrons. The molecular formula is C18H33N3. The van der Waals surface area contributed by atoms with Crippen molar-refractivity contribution in [1.82, 2.24) is 15.3 Å². The highest BCUT2D eigenvalue weighted by atomic mass is 14.9. The number of rotatable bonds is 13. The molecule has 1 atom stereocenters. The van der Waals surface area contributed by atoms with Crippen LogP contribution in [-0.2, 0) is 0 Å². The Bertz CT molecular complexity index is 326. The molecule has 0 bridgehead atoms. The topological polar surface area (TPSA) is 37.8 Å². The van der Waals surface area contributed by atoms with Crippen molar-refractivity contribution in [2.75, 3.05) is 6.54 Å². The van der Waals surface area contributed by atoms with Crippen molar-refractivity contribution in [3.8, 4) is 0 Å². The van der Waals surface area contributed by atoms with Gasteiger partial charge in [-0.05, 0) is 13.0 Å². The molecule has 0 saturated carbocycles. The van der Waals surface area contributed by atoms with Crippen molar-refractivity contribution >= 4 is 0 Å². The smallest absolute Gasteiger partial charge is 0.115 e. The van der Waals surface area contributed by atoms with Crippen molar-refractivity contribution in [2.24, 2.45) is 0 Å². The SMILES string of the molecule is CCCCCCCCCCCC(NCC)c1cncnc1.